The first-order valence-electron chi connectivity index (χ1n) is 8.27. The zero-order valence-electron chi connectivity index (χ0n) is 13.1. The molecule has 0 aromatic carbocycles. The molecular weight excluding hydrogens is 320 g/mol. The lowest BCUT2D eigenvalue weighted by Crippen LogP contribution is -2.43. The van der Waals surface area contributed by atoms with Gasteiger partial charge in [0.2, 0.25) is 10.0 Å². The van der Waals surface area contributed by atoms with Crippen LogP contribution in [0.25, 0.3) is 0 Å². The molecule has 3 aliphatic rings. The van der Waals surface area contributed by atoms with Crippen LogP contribution in [0.2, 0.25) is 0 Å². The molecule has 128 valence electrons. The predicted molar refractivity (Wildman–Crippen MR) is 81.6 cm³/mol. The molecule has 4 rings (SSSR count). The number of fused-ring (bicyclic) bond motifs is 1. The smallest absolute Gasteiger partial charge is 0.217 e. The number of hydrogen-bond acceptors (Lipinski definition) is 6. The summed E-state index contributed by atoms with van der Waals surface area (Å²) in [7, 11) is -3.38. The Balaban J connectivity index is 1.44. The lowest BCUT2D eigenvalue weighted by Gasteiger charge is -2.28. The minimum Gasteiger partial charge on any atom is -0.445 e. The largest absolute Gasteiger partial charge is 0.445 e. The summed E-state index contributed by atoms with van der Waals surface area (Å²) in [5.74, 6) is 2.05. The average molecular weight is 342 g/mol. The number of aromatic nitrogens is 1. The standard InChI is InChI=1S/C15H22N2O5S/c18-23(19,10-12-9-20-6-7-21-12)17-5-4-14-13(8-17)16-15(22-14)11-2-1-3-11/h11-12H,1-10H2. The van der Waals surface area contributed by atoms with Crippen LogP contribution in [0, 0.1) is 0 Å². The van der Waals surface area contributed by atoms with Crippen molar-refractivity contribution in [3.05, 3.63) is 17.3 Å². The van der Waals surface area contributed by atoms with E-state index < -0.39 is 10.0 Å². The minimum atomic E-state index is -3.38. The second-order valence-corrected chi connectivity index (χ2v) is 8.49. The molecule has 0 N–H and O–H groups in total. The highest BCUT2D eigenvalue weighted by atomic mass is 32.2. The van der Waals surface area contributed by atoms with Crippen LogP contribution in [0.1, 0.15) is 42.5 Å². The van der Waals surface area contributed by atoms with Gasteiger partial charge < -0.3 is 13.9 Å². The average Bonchev–Trinajstić information content (AvgIpc) is 2.88. The Morgan fingerprint density at radius 2 is 2.13 bits per heavy atom. The van der Waals surface area contributed by atoms with E-state index in [1.165, 1.54) is 10.7 Å². The van der Waals surface area contributed by atoms with E-state index in [-0.39, 0.29) is 11.9 Å². The molecule has 2 fully saturated rings. The third-order valence-electron chi connectivity index (χ3n) is 4.84. The first kappa shape index (κ1) is 15.6. The van der Waals surface area contributed by atoms with E-state index in [2.05, 4.69) is 4.98 Å². The zero-order chi connectivity index (χ0) is 15.9. The van der Waals surface area contributed by atoms with Crippen LogP contribution in [0.5, 0.6) is 0 Å². The number of nitrogens with zero attached hydrogens (tertiary/aromatic N) is 2. The van der Waals surface area contributed by atoms with Gasteiger partial charge in [-0.25, -0.2) is 13.4 Å². The van der Waals surface area contributed by atoms with E-state index in [0.29, 0.717) is 45.2 Å². The van der Waals surface area contributed by atoms with Gasteiger partial charge in [0.15, 0.2) is 5.89 Å². The van der Waals surface area contributed by atoms with Gasteiger partial charge in [0.25, 0.3) is 0 Å². The van der Waals surface area contributed by atoms with Crippen LogP contribution in [-0.2, 0) is 32.5 Å². The summed E-state index contributed by atoms with van der Waals surface area (Å²) in [6, 6.07) is 0. The van der Waals surface area contributed by atoms with Crippen molar-refractivity contribution in [1.82, 2.24) is 9.29 Å². The maximum absolute atomic E-state index is 12.6. The molecule has 1 aliphatic carbocycles. The molecule has 1 aromatic rings. The third-order valence-corrected chi connectivity index (χ3v) is 6.73. The summed E-state index contributed by atoms with van der Waals surface area (Å²) in [5.41, 5.74) is 0.780. The van der Waals surface area contributed by atoms with Gasteiger partial charge in [-0.15, -0.1) is 0 Å². The van der Waals surface area contributed by atoms with E-state index >= 15 is 0 Å². The fraction of sp³-hybridized carbons (Fsp3) is 0.800. The van der Waals surface area contributed by atoms with E-state index in [4.69, 9.17) is 13.9 Å². The number of oxazole rings is 1. The second-order valence-electron chi connectivity index (χ2n) is 6.48. The van der Waals surface area contributed by atoms with Crippen LogP contribution in [-0.4, -0.2) is 55.9 Å². The summed E-state index contributed by atoms with van der Waals surface area (Å²) >= 11 is 0. The quantitative estimate of drug-likeness (QED) is 0.813. The Bertz CT molecular complexity index is 661. The first-order valence-corrected chi connectivity index (χ1v) is 9.88. The van der Waals surface area contributed by atoms with Crippen LogP contribution in [0.15, 0.2) is 4.42 Å². The molecule has 0 spiro atoms. The predicted octanol–water partition coefficient (Wildman–Crippen LogP) is 1.05. The van der Waals surface area contributed by atoms with Crippen molar-refractivity contribution in [2.45, 2.75) is 44.2 Å². The van der Waals surface area contributed by atoms with Gasteiger partial charge in [-0.05, 0) is 12.8 Å². The van der Waals surface area contributed by atoms with Gasteiger partial charge >= 0.3 is 0 Å². The van der Waals surface area contributed by atoms with Gasteiger partial charge in [-0.1, -0.05) is 6.42 Å². The number of ether oxygens (including phenoxy) is 2. The van der Waals surface area contributed by atoms with Crippen molar-refractivity contribution >= 4 is 10.0 Å². The van der Waals surface area contributed by atoms with Crippen molar-refractivity contribution < 1.29 is 22.3 Å². The minimum absolute atomic E-state index is 0.0321. The molecular formula is C15H22N2O5S. The Morgan fingerprint density at radius 3 is 2.83 bits per heavy atom. The molecule has 1 atom stereocenters. The molecule has 1 saturated carbocycles. The van der Waals surface area contributed by atoms with Crippen molar-refractivity contribution in [3.8, 4) is 0 Å². The summed E-state index contributed by atoms with van der Waals surface area (Å²) < 4.78 is 43.3. The highest BCUT2D eigenvalue weighted by molar-refractivity contribution is 7.89. The molecule has 2 aliphatic heterocycles. The summed E-state index contributed by atoms with van der Waals surface area (Å²) in [5, 5.41) is 0. The van der Waals surface area contributed by atoms with E-state index in [9.17, 15) is 8.42 Å². The Morgan fingerprint density at radius 1 is 1.26 bits per heavy atom. The van der Waals surface area contributed by atoms with E-state index in [0.717, 1.165) is 30.2 Å². The van der Waals surface area contributed by atoms with Gasteiger partial charge in [0.05, 0.1) is 43.9 Å². The number of rotatable bonds is 4. The monoisotopic (exact) mass is 342 g/mol. The molecule has 1 aromatic heterocycles. The van der Waals surface area contributed by atoms with Crippen molar-refractivity contribution in [1.29, 1.82) is 0 Å². The van der Waals surface area contributed by atoms with Crippen LogP contribution in [0.4, 0.5) is 0 Å². The normalized spacial score (nSPS) is 26.7. The molecule has 1 unspecified atom stereocenters. The summed E-state index contributed by atoms with van der Waals surface area (Å²) in [6.07, 6.45) is 3.69. The maximum Gasteiger partial charge on any atom is 0.217 e. The molecule has 7 nitrogen and oxygen atoms in total. The van der Waals surface area contributed by atoms with Crippen molar-refractivity contribution in [2.75, 3.05) is 32.1 Å². The Kier molecular flexibility index (Phi) is 4.17. The second kappa shape index (κ2) is 6.16. The molecule has 1 saturated heterocycles. The molecule has 0 bridgehead atoms. The zero-order valence-corrected chi connectivity index (χ0v) is 13.9. The van der Waals surface area contributed by atoms with Crippen LogP contribution >= 0.6 is 0 Å². The lowest BCUT2D eigenvalue weighted by atomic mass is 9.85. The number of sulfonamides is 1. The fourth-order valence-corrected chi connectivity index (χ4v) is 4.80. The maximum atomic E-state index is 12.6. The van der Waals surface area contributed by atoms with Crippen molar-refractivity contribution in [3.63, 3.8) is 0 Å². The molecule has 0 radical (unpaired) electrons. The van der Waals surface area contributed by atoms with Gasteiger partial charge in [0.1, 0.15) is 5.76 Å². The summed E-state index contributed by atoms with van der Waals surface area (Å²) in [4.78, 5) is 4.55. The molecule has 0 amide bonds. The van der Waals surface area contributed by atoms with E-state index in [1.54, 1.807) is 0 Å². The topological polar surface area (TPSA) is 81.9 Å². The van der Waals surface area contributed by atoms with E-state index in [1.807, 2.05) is 0 Å². The Hall–Kier alpha value is -0.960. The molecule has 3 heterocycles. The molecule has 23 heavy (non-hydrogen) atoms. The highest BCUT2D eigenvalue weighted by Gasteiger charge is 2.34. The number of hydrogen-bond donors (Lipinski definition) is 0. The SMILES string of the molecule is O=S(=O)(CC1COCCO1)N1CCc2oc(C3CCC3)nc2C1. The van der Waals surface area contributed by atoms with Gasteiger partial charge in [-0.3, -0.25) is 0 Å². The van der Waals surface area contributed by atoms with Crippen LogP contribution < -0.4 is 0 Å². The van der Waals surface area contributed by atoms with Gasteiger partial charge in [-0.2, -0.15) is 4.31 Å². The van der Waals surface area contributed by atoms with Crippen molar-refractivity contribution in [2.24, 2.45) is 0 Å². The third kappa shape index (κ3) is 3.17. The Labute approximate surface area is 136 Å². The fourth-order valence-electron chi connectivity index (χ4n) is 3.23. The molecule has 8 heteroatoms. The van der Waals surface area contributed by atoms with Gasteiger partial charge in [0, 0.05) is 18.9 Å². The lowest BCUT2D eigenvalue weighted by molar-refractivity contribution is -0.0785. The highest BCUT2D eigenvalue weighted by Crippen LogP contribution is 2.37. The summed E-state index contributed by atoms with van der Waals surface area (Å²) in [6.45, 7) is 2.09. The van der Waals surface area contributed by atoms with Crippen LogP contribution in [0.3, 0.4) is 0 Å². The first-order chi connectivity index (χ1) is 11.1.